The molecule has 0 unspecified atom stereocenters. The number of Topliss-reactive ketones (excluding diaryl/α,β-unsaturated/α-hetero) is 1. The molecule has 2 rings (SSSR count). The molecule has 1 aromatic rings. The van der Waals surface area contributed by atoms with Crippen molar-refractivity contribution < 1.29 is 4.79 Å². The Hall–Kier alpha value is -1.44. The molecule has 0 aliphatic heterocycles. The first kappa shape index (κ1) is 16.9. The number of hydrogen-bond acceptors (Lipinski definition) is 2. The number of aliphatic imine (C=N–C) groups is 1. The molecule has 0 radical (unpaired) electrons. The van der Waals surface area contributed by atoms with Crippen LogP contribution < -0.4 is 0 Å². The average Bonchev–Trinajstić information content (AvgIpc) is 2.99. The van der Waals surface area contributed by atoms with Crippen LogP contribution in [0.2, 0.25) is 0 Å². The first-order valence-corrected chi connectivity index (χ1v) is 8.78. The van der Waals surface area contributed by atoms with E-state index in [1.165, 1.54) is 38.5 Å². The third-order valence-electron chi connectivity index (χ3n) is 4.71. The Kier molecular flexibility index (Phi) is 6.35. The molecule has 0 atom stereocenters. The number of hydrogen-bond donors (Lipinski definition) is 0. The topological polar surface area (TPSA) is 29.4 Å². The van der Waals surface area contributed by atoms with Crippen LogP contribution in [0.15, 0.2) is 17.1 Å². The van der Waals surface area contributed by atoms with E-state index in [9.17, 15) is 4.79 Å². The second kappa shape index (κ2) is 8.26. The van der Waals surface area contributed by atoms with E-state index < -0.39 is 0 Å². The molecule has 0 amide bonds. The Morgan fingerprint density at radius 2 is 1.95 bits per heavy atom. The number of aryl methyl sites for hydroxylation is 2. The summed E-state index contributed by atoms with van der Waals surface area (Å²) in [5.74, 6) is 0.924. The van der Waals surface area contributed by atoms with Crippen LogP contribution in [-0.4, -0.2) is 12.0 Å². The van der Waals surface area contributed by atoms with Gasteiger partial charge in [0.15, 0.2) is 5.78 Å². The molecule has 0 saturated heterocycles. The van der Waals surface area contributed by atoms with Gasteiger partial charge in [0.25, 0.3) is 0 Å². The van der Waals surface area contributed by atoms with Crippen molar-refractivity contribution in [2.45, 2.75) is 72.1 Å². The smallest absolute Gasteiger partial charge is 0.163 e. The van der Waals surface area contributed by atoms with Crippen LogP contribution in [0.1, 0.15) is 79.8 Å². The molecule has 1 aliphatic carbocycles. The van der Waals surface area contributed by atoms with Gasteiger partial charge in [0.2, 0.25) is 0 Å². The predicted molar refractivity (Wildman–Crippen MR) is 94.5 cm³/mol. The van der Waals surface area contributed by atoms with Crippen LogP contribution in [0.5, 0.6) is 0 Å². The lowest BCUT2D eigenvalue weighted by Gasteiger charge is -2.12. The lowest BCUT2D eigenvalue weighted by Crippen LogP contribution is -2.08. The third-order valence-corrected chi connectivity index (χ3v) is 4.71. The molecule has 0 bridgehead atoms. The molecule has 0 spiro atoms. The molecular formula is C20H29NO. The molecule has 2 nitrogen and oxygen atoms in total. The van der Waals surface area contributed by atoms with Crippen molar-refractivity contribution in [3.8, 4) is 0 Å². The summed E-state index contributed by atoms with van der Waals surface area (Å²) in [6.07, 6.45) is 11.2. The Morgan fingerprint density at radius 1 is 1.23 bits per heavy atom. The van der Waals surface area contributed by atoms with Crippen molar-refractivity contribution in [1.82, 2.24) is 0 Å². The predicted octanol–water partition coefficient (Wildman–Crippen LogP) is 5.96. The molecule has 1 aliphatic rings. The van der Waals surface area contributed by atoms with Crippen molar-refractivity contribution in [3.05, 3.63) is 28.8 Å². The van der Waals surface area contributed by atoms with Crippen molar-refractivity contribution in [2.75, 3.05) is 0 Å². The Labute approximate surface area is 135 Å². The number of unbranched alkanes of at least 4 members (excludes halogenated alkanes) is 2. The second-order valence-electron chi connectivity index (χ2n) is 6.69. The maximum Gasteiger partial charge on any atom is 0.163 e. The highest BCUT2D eigenvalue weighted by Crippen LogP contribution is 2.30. The van der Waals surface area contributed by atoms with Crippen LogP contribution in [0.4, 0.5) is 5.69 Å². The monoisotopic (exact) mass is 299 g/mol. The van der Waals surface area contributed by atoms with Crippen molar-refractivity contribution in [2.24, 2.45) is 10.9 Å². The van der Waals surface area contributed by atoms with E-state index in [4.69, 9.17) is 0 Å². The number of nitrogens with zero attached hydrogens (tertiary/aromatic N) is 1. The lowest BCUT2D eigenvalue weighted by molar-refractivity contribution is 0.0961. The van der Waals surface area contributed by atoms with Crippen molar-refractivity contribution >= 4 is 17.7 Å². The van der Waals surface area contributed by atoms with Gasteiger partial charge < -0.3 is 0 Å². The zero-order chi connectivity index (χ0) is 15.9. The van der Waals surface area contributed by atoms with Gasteiger partial charge in [-0.15, -0.1) is 0 Å². The fourth-order valence-corrected chi connectivity index (χ4v) is 3.29. The molecule has 0 aromatic heterocycles. The fourth-order valence-electron chi connectivity index (χ4n) is 3.29. The maximum atomic E-state index is 12.5. The van der Waals surface area contributed by atoms with E-state index in [0.29, 0.717) is 11.7 Å². The molecule has 0 N–H and O–H groups in total. The van der Waals surface area contributed by atoms with E-state index in [-0.39, 0.29) is 0 Å². The molecule has 2 heteroatoms. The Bertz CT molecular complexity index is 539. The standard InChI is InChI=1S/C20H29NO/c1-4-5-8-11-21-19-13-15(2)18(12-16(19)3)20(22)14-17-9-6-7-10-17/h11-13,17H,4-10,14H2,1-3H3/b21-11-. The van der Waals surface area contributed by atoms with Gasteiger partial charge in [0.1, 0.15) is 0 Å². The Morgan fingerprint density at radius 3 is 2.64 bits per heavy atom. The summed E-state index contributed by atoms with van der Waals surface area (Å²) < 4.78 is 0. The number of benzene rings is 1. The minimum Gasteiger partial charge on any atom is -0.294 e. The van der Waals surface area contributed by atoms with Crippen LogP contribution in [-0.2, 0) is 0 Å². The van der Waals surface area contributed by atoms with E-state index in [1.807, 2.05) is 19.2 Å². The van der Waals surface area contributed by atoms with Crippen LogP contribution >= 0.6 is 0 Å². The quantitative estimate of drug-likeness (QED) is 0.347. The highest BCUT2D eigenvalue weighted by atomic mass is 16.1. The fraction of sp³-hybridized carbons (Fsp3) is 0.600. The first-order chi connectivity index (χ1) is 10.6. The highest BCUT2D eigenvalue weighted by molar-refractivity contribution is 5.98. The van der Waals surface area contributed by atoms with Gasteiger partial charge in [-0.2, -0.15) is 0 Å². The summed E-state index contributed by atoms with van der Waals surface area (Å²) >= 11 is 0. The van der Waals surface area contributed by atoms with E-state index >= 15 is 0 Å². The second-order valence-corrected chi connectivity index (χ2v) is 6.69. The zero-order valence-corrected chi connectivity index (χ0v) is 14.3. The summed E-state index contributed by atoms with van der Waals surface area (Å²) in [6, 6.07) is 4.11. The number of rotatable bonds is 7. The van der Waals surface area contributed by atoms with Gasteiger partial charge in [0.05, 0.1) is 5.69 Å². The SMILES string of the molecule is CCCC/C=N\c1cc(C)c(C(=O)CC2CCCC2)cc1C. The van der Waals surface area contributed by atoms with E-state index in [2.05, 4.69) is 24.9 Å². The van der Waals surface area contributed by atoms with Crippen LogP contribution in [0, 0.1) is 19.8 Å². The summed E-state index contributed by atoms with van der Waals surface area (Å²) in [4.78, 5) is 17.1. The highest BCUT2D eigenvalue weighted by Gasteiger charge is 2.20. The van der Waals surface area contributed by atoms with Gasteiger partial charge in [-0.25, -0.2) is 0 Å². The van der Waals surface area contributed by atoms with Crippen molar-refractivity contribution in [3.63, 3.8) is 0 Å². The van der Waals surface area contributed by atoms with E-state index in [1.54, 1.807) is 0 Å². The molecule has 1 fully saturated rings. The van der Waals surface area contributed by atoms with Crippen molar-refractivity contribution in [1.29, 1.82) is 0 Å². The number of carbonyl (C=O) groups excluding carboxylic acids is 1. The molecule has 0 heterocycles. The molecule has 22 heavy (non-hydrogen) atoms. The minimum absolute atomic E-state index is 0.314. The largest absolute Gasteiger partial charge is 0.294 e. The summed E-state index contributed by atoms with van der Waals surface area (Å²) in [7, 11) is 0. The molecule has 1 saturated carbocycles. The molecule has 1 aromatic carbocycles. The van der Waals surface area contributed by atoms with Crippen LogP contribution in [0.25, 0.3) is 0 Å². The number of carbonyl (C=O) groups is 1. The average molecular weight is 299 g/mol. The summed E-state index contributed by atoms with van der Waals surface area (Å²) in [6.45, 7) is 6.28. The first-order valence-electron chi connectivity index (χ1n) is 8.78. The normalized spacial score (nSPS) is 15.8. The summed E-state index contributed by atoms with van der Waals surface area (Å²) in [5.41, 5.74) is 4.08. The molecular weight excluding hydrogens is 270 g/mol. The third kappa shape index (κ3) is 4.53. The minimum atomic E-state index is 0.314. The maximum absolute atomic E-state index is 12.5. The Balaban J connectivity index is 2.08. The van der Waals surface area contributed by atoms with Gasteiger partial charge >= 0.3 is 0 Å². The van der Waals surface area contributed by atoms with Gasteiger partial charge in [-0.3, -0.25) is 9.79 Å². The van der Waals surface area contributed by atoms with Crippen LogP contribution in [0.3, 0.4) is 0 Å². The van der Waals surface area contributed by atoms with Gasteiger partial charge in [-0.05, 0) is 55.9 Å². The molecule has 120 valence electrons. The van der Waals surface area contributed by atoms with Gasteiger partial charge in [0, 0.05) is 18.2 Å². The zero-order valence-electron chi connectivity index (χ0n) is 14.3. The van der Waals surface area contributed by atoms with E-state index in [0.717, 1.165) is 35.2 Å². The summed E-state index contributed by atoms with van der Waals surface area (Å²) in [5, 5.41) is 0. The number of ketones is 1. The lowest BCUT2D eigenvalue weighted by atomic mass is 9.93. The van der Waals surface area contributed by atoms with Gasteiger partial charge in [-0.1, -0.05) is 39.0 Å².